The van der Waals surface area contributed by atoms with Crippen LogP contribution in [0.15, 0.2) is 54.6 Å². The molecule has 2 aromatic rings. The van der Waals surface area contributed by atoms with E-state index in [0.29, 0.717) is 5.75 Å². The summed E-state index contributed by atoms with van der Waals surface area (Å²) in [5.41, 5.74) is 0.176. The van der Waals surface area contributed by atoms with Crippen LogP contribution in [0.1, 0.15) is 6.92 Å². The van der Waals surface area contributed by atoms with Crippen molar-refractivity contribution in [2.24, 2.45) is 0 Å². The van der Waals surface area contributed by atoms with Crippen LogP contribution in [0.2, 0.25) is 0 Å². The molecule has 0 heterocycles. The summed E-state index contributed by atoms with van der Waals surface area (Å²) in [5, 5.41) is 19.3. The molecule has 3 nitrogen and oxygen atoms in total. The highest BCUT2D eigenvalue weighted by Crippen LogP contribution is 2.22. The lowest BCUT2D eigenvalue weighted by Crippen LogP contribution is -1.92. The summed E-state index contributed by atoms with van der Waals surface area (Å²) in [6.45, 7) is 4.60. The van der Waals surface area contributed by atoms with Crippen molar-refractivity contribution in [2.75, 3.05) is 0 Å². The van der Waals surface area contributed by atoms with Crippen LogP contribution in [0, 0.1) is 0 Å². The third-order valence-corrected chi connectivity index (χ3v) is 2.13. The van der Waals surface area contributed by atoms with Crippen LogP contribution >= 0.6 is 0 Å². The Morgan fingerprint density at radius 3 is 2.18 bits per heavy atom. The lowest BCUT2D eigenvalue weighted by atomic mass is 10.1. The third-order valence-electron chi connectivity index (χ3n) is 2.13. The maximum Gasteiger partial charge on any atom is 0.330 e. The number of hydrogen-bond acceptors (Lipinski definition) is 2. The van der Waals surface area contributed by atoms with E-state index in [2.05, 4.69) is 6.58 Å². The summed E-state index contributed by atoms with van der Waals surface area (Å²) < 4.78 is 0. The minimum atomic E-state index is -0.935. The Morgan fingerprint density at radius 2 is 1.65 bits per heavy atom. The highest BCUT2D eigenvalue weighted by atomic mass is 16.4. The Kier molecular flexibility index (Phi) is 4.29. The third kappa shape index (κ3) is 3.65. The van der Waals surface area contributed by atoms with Gasteiger partial charge in [-0.1, -0.05) is 43.0 Å². The standard InChI is InChI=1S/C10H8O.C4H6O2/c11-10-7-3-5-8-4-1-2-6-9(8)10;1-3(2)4(5)6/h1-7,11H;1H2,2H3,(H,5,6). The number of phenols is 1. The fraction of sp³-hybridized carbons (Fsp3) is 0.0714. The van der Waals surface area contributed by atoms with E-state index >= 15 is 0 Å². The average Bonchev–Trinajstić information content (AvgIpc) is 2.30. The number of phenolic OH excluding ortho intramolecular Hbond substituents is 1. The van der Waals surface area contributed by atoms with Gasteiger partial charge in [-0.05, 0) is 18.4 Å². The molecule has 0 spiro atoms. The molecule has 0 amide bonds. The van der Waals surface area contributed by atoms with Gasteiger partial charge in [0.15, 0.2) is 0 Å². The number of fused-ring (bicyclic) bond motifs is 1. The monoisotopic (exact) mass is 230 g/mol. The minimum absolute atomic E-state index is 0.176. The van der Waals surface area contributed by atoms with Gasteiger partial charge in [-0.2, -0.15) is 0 Å². The number of rotatable bonds is 1. The molecule has 0 aliphatic heterocycles. The molecule has 0 saturated heterocycles. The Bertz CT molecular complexity index is 527. The Morgan fingerprint density at radius 1 is 1.12 bits per heavy atom. The smallest absolute Gasteiger partial charge is 0.330 e. The largest absolute Gasteiger partial charge is 0.507 e. The zero-order valence-corrected chi connectivity index (χ0v) is 9.55. The molecule has 0 fully saturated rings. The second kappa shape index (κ2) is 5.70. The van der Waals surface area contributed by atoms with Gasteiger partial charge in [0.1, 0.15) is 5.75 Å². The topological polar surface area (TPSA) is 57.5 Å². The maximum atomic E-state index is 9.60. The van der Waals surface area contributed by atoms with E-state index < -0.39 is 5.97 Å². The molecule has 2 aromatic carbocycles. The van der Waals surface area contributed by atoms with E-state index in [1.807, 2.05) is 36.4 Å². The first kappa shape index (κ1) is 12.8. The van der Waals surface area contributed by atoms with Crippen molar-refractivity contribution in [1.29, 1.82) is 0 Å². The van der Waals surface area contributed by atoms with E-state index in [-0.39, 0.29) is 5.57 Å². The van der Waals surface area contributed by atoms with Gasteiger partial charge in [-0.15, -0.1) is 0 Å². The second-order valence-electron chi connectivity index (χ2n) is 3.58. The molecule has 88 valence electrons. The molecule has 0 saturated carbocycles. The van der Waals surface area contributed by atoms with Gasteiger partial charge in [0.2, 0.25) is 0 Å². The fourth-order valence-corrected chi connectivity index (χ4v) is 1.21. The zero-order valence-electron chi connectivity index (χ0n) is 9.55. The quantitative estimate of drug-likeness (QED) is 0.740. The predicted octanol–water partition coefficient (Wildman–Crippen LogP) is 3.19. The van der Waals surface area contributed by atoms with Crippen LogP contribution in [0.3, 0.4) is 0 Å². The summed E-state index contributed by atoms with van der Waals surface area (Å²) in [7, 11) is 0. The molecule has 2 N–H and O–H groups in total. The van der Waals surface area contributed by atoms with Gasteiger partial charge in [0, 0.05) is 11.0 Å². The number of carboxylic acid groups (broad SMARTS) is 1. The first-order chi connectivity index (χ1) is 8.02. The van der Waals surface area contributed by atoms with E-state index in [1.54, 1.807) is 6.07 Å². The van der Waals surface area contributed by atoms with Gasteiger partial charge in [-0.3, -0.25) is 0 Å². The Labute approximate surface area is 99.6 Å². The van der Waals surface area contributed by atoms with Crippen molar-refractivity contribution in [1.82, 2.24) is 0 Å². The highest BCUT2D eigenvalue weighted by Gasteiger charge is 1.94. The number of carboxylic acids is 1. The molecule has 0 atom stereocenters. The maximum absolute atomic E-state index is 9.60. The van der Waals surface area contributed by atoms with Gasteiger partial charge in [-0.25, -0.2) is 4.79 Å². The van der Waals surface area contributed by atoms with Crippen LogP contribution in [-0.4, -0.2) is 16.2 Å². The van der Waals surface area contributed by atoms with Crippen molar-refractivity contribution in [3.63, 3.8) is 0 Å². The number of carbonyl (C=O) groups is 1. The minimum Gasteiger partial charge on any atom is -0.507 e. The van der Waals surface area contributed by atoms with Gasteiger partial charge < -0.3 is 10.2 Å². The molecule has 0 aliphatic carbocycles. The second-order valence-corrected chi connectivity index (χ2v) is 3.58. The van der Waals surface area contributed by atoms with E-state index in [0.717, 1.165) is 10.8 Å². The van der Waals surface area contributed by atoms with Crippen molar-refractivity contribution >= 4 is 16.7 Å². The molecule has 2 rings (SSSR count). The fourth-order valence-electron chi connectivity index (χ4n) is 1.21. The molecule has 17 heavy (non-hydrogen) atoms. The van der Waals surface area contributed by atoms with Crippen LogP contribution in [0.25, 0.3) is 10.8 Å². The van der Waals surface area contributed by atoms with Crippen LogP contribution in [0.5, 0.6) is 5.75 Å². The first-order valence-electron chi connectivity index (χ1n) is 5.08. The van der Waals surface area contributed by atoms with Crippen molar-refractivity contribution in [3.05, 3.63) is 54.6 Å². The average molecular weight is 230 g/mol. The van der Waals surface area contributed by atoms with Crippen molar-refractivity contribution in [2.45, 2.75) is 6.92 Å². The van der Waals surface area contributed by atoms with Crippen LogP contribution in [-0.2, 0) is 4.79 Å². The van der Waals surface area contributed by atoms with E-state index in [9.17, 15) is 9.90 Å². The summed E-state index contributed by atoms with van der Waals surface area (Å²) in [5.74, 6) is -0.585. The number of aromatic hydroxyl groups is 1. The Balaban J connectivity index is 0.000000209. The van der Waals surface area contributed by atoms with Gasteiger partial charge >= 0.3 is 5.97 Å². The van der Waals surface area contributed by atoms with Crippen molar-refractivity contribution in [3.8, 4) is 5.75 Å². The van der Waals surface area contributed by atoms with E-state index in [1.165, 1.54) is 6.92 Å². The number of benzene rings is 2. The van der Waals surface area contributed by atoms with Crippen LogP contribution < -0.4 is 0 Å². The number of hydrogen-bond donors (Lipinski definition) is 2. The predicted molar refractivity (Wildman–Crippen MR) is 68.1 cm³/mol. The molecular weight excluding hydrogens is 216 g/mol. The SMILES string of the molecule is C=C(C)C(=O)O.Oc1cccc2ccccc12. The first-order valence-corrected chi connectivity index (χ1v) is 5.08. The van der Waals surface area contributed by atoms with E-state index in [4.69, 9.17) is 5.11 Å². The number of aliphatic carboxylic acids is 1. The molecule has 0 radical (unpaired) electrons. The van der Waals surface area contributed by atoms with Crippen LogP contribution in [0.4, 0.5) is 0 Å². The molecule has 0 aliphatic rings. The summed E-state index contributed by atoms with van der Waals surface area (Å²) in [4.78, 5) is 9.60. The lowest BCUT2D eigenvalue weighted by Gasteiger charge is -1.97. The molecule has 0 unspecified atom stereocenters. The summed E-state index contributed by atoms with van der Waals surface area (Å²) in [6.07, 6.45) is 0. The summed E-state index contributed by atoms with van der Waals surface area (Å²) >= 11 is 0. The van der Waals surface area contributed by atoms with Gasteiger partial charge in [0.05, 0.1) is 0 Å². The summed E-state index contributed by atoms with van der Waals surface area (Å²) in [6, 6.07) is 13.3. The highest BCUT2D eigenvalue weighted by molar-refractivity contribution is 5.87. The molecule has 3 heteroatoms. The normalized spacial score (nSPS) is 9.24. The lowest BCUT2D eigenvalue weighted by molar-refractivity contribution is -0.132. The molecule has 0 bridgehead atoms. The molecule has 0 aromatic heterocycles. The van der Waals surface area contributed by atoms with Crippen molar-refractivity contribution < 1.29 is 15.0 Å². The zero-order chi connectivity index (χ0) is 12.8. The van der Waals surface area contributed by atoms with Gasteiger partial charge in [0.25, 0.3) is 0 Å². The Hall–Kier alpha value is -2.29. The molecular formula is C14H14O3.